The van der Waals surface area contributed by atoms with E-state index in [1.807, 2.05) is 0 Å². The third-order valence-corrected chi connectivity index (χ3v) is 3.61. The van der Waals surface area contributed by atoms with E-state index in [1.165, 1.54) is 0 Å². The number of thiazole rings is 1. The maximum Gasteiger partial charge on any atom is 0.309 e. The molecule has 0 atom stereocenters. The number of hydrogen-bond acceptors (Lipinski definition) is 6. The van der Waals surface area contributed by atoms with Crippen LogP contribution in [0.25, 0.3) is 0 Å². The molecule has 0 fully saturated rings. The van der Waals surface area contributed by atoms with Gasteiger partial charge >= 0.3 is 5.97 Å². The van der Waals surface area contributed by atoms with Crippen LogP contribution in [0.3, 0.4) is 0 Å². The Balaban J connectivity index is 2.23. The molecular weight excluding hydrogens is 296 g/mol. The highest BCUT2D eigenvalue weighted by molar-refractivity contribution is 7.14. The highest BCUT2D eigenvalue weighted by Gasteiger charge is 2.17. The molecule has 3 N–H and O–H groups in total. The van der Waals surface area contributed by atoms with Crippen molar-refractivity contribution in [2.75, 3.05) is 5.32 Å². The van der Waals surface area contributed by atoms with Gasteiger partial charge in [-0.15, -0.1) is 11.3 Å². The zero-order valence-electron chi connectivity index (χ0n) is 11.3. The molecule has 1 amide bonds. The van der Waals surface area contributed by atoms with E-state index in [4.69, 9.17) is 5.11 Å². The van der Waals surface area contributed by atoms with E-state index in [0.29, 0.717) is 17.0 Å². The fraction of sp³-hybridized carbons (Fsp3) is 0.250. The number of carboxylic acid groups (broad SMARTS) is 1. The van der Waals surface area contributed by atoms with Crippen LogP contribution in [0.4, 0.5) is 5.13 Å². The molecule has 2 heterocycles. The van der Waals surface area contributed by atoms with Crippen molar-refractivity contribution >= 4 is 28.3 Å². The van der Waals surface area contributed by atoms with Crippen LogP contribution in [0, 0.1) is 13.8 Å². The fourth-order valence-electron chi connectivity index (χ4n) is 1.66. The van der Waals surface area contributed by atoms with E-state index < -0.39 is 17.4 Å². The predicted octanol–water partition coefficient (Wildman–Crippen LogP) is 0.723. The second kappa shape index (κ2) is 5.83. The number of anilines is 1. The number of carbonyl (C=O) groups is 2. The van der Waals surface area contributed by atoms with Crippen molar-refractivity contribution in [3.8, 4) is 0 Å². The smallest absolute Gasteiger partial charge is 0.309 e. The summed E-state index contributed by atoms with van der Waals surface area (Å²) >= 11 is 1.10. The van der Waals surface area contributed by atoms with Gasteiger partial charge in [-0.2, -0.15) is 5.10 Å². The lowest BCUT2D eigenvalue weighted by Crippen LogP contribution is -2.26. The Kier molecular flexibility index (Phi) is 4.13. The molecule has 2 rings (SSSR count). The molecule has 0 saturated carbocycles. The first-order valence-corrected chi connectivity index (χ1v) is 6.80. The molecule has 2 aromatic heterocycles. The molecule has 0 aliphatic rings. The summed E-state index contributed by atoms with van der Waals surface area (Å²) in [5.41, 5.74) is 0.763. The molecule has 0 radical (unpaired) electrons. The number of nitrogens with zero attached hydrogens (tertiary/aromatic N) is 2. The summed E-state index contributed by atoms with van der Waals surface area (Å²) in [5.74, 6) is -1.61. The van der Waals surface area contributed by atoms with Gasteiger partial charge in [0, 0.05) is 5.38 Å². The van der Waals surface area contributed by atoms with E-state index in [9.17, 15) is 14.4 Å². The Hall–Kier alpha value is -2.55. The fourth-order valence-corrected chi connectivity index (χ4v) is 2.36. The van der Waals surface area contributed by atoms with Gasteiger partial charge < -0.3 is 5.11 Å². The number of amides is 1. The van der Waals surface area contributed by atoms with E-state index in [-0.39, 0.29) is 17.1 Å². The van der Waals surface area contributed by atoms with Crippen molar-refractivity contribution in [3.63, 3.8) is 0 Å². The van der Waals surface area contributed by atoms with Crippen LogP contribution < -0.4 is 10.9 Å². The summed E-state index contributed by atoms with van der Waals surface area (Å²) in [6, 6.07) is 0. The topological polar surface area (TPSA) is 125 Å². The molecule has 9 heteroatoms. The zero-order valence-corrected chi connectivity index (χ0v) is 12.1. The lowest BCUT2D eigenvalue weighted by molar-refractivity contribution is -0.136. The third-order valence-electron chi connectivity index (χ3n) is 2.80. The first-order chi connectivity index (χ1) is 9.88. The Morgan fingerprint density at radius 2 is 2.14 bits per heavy atom. The number of aliphatic carboxylic acids is 1. The van der Waals surface area contributed by atoms with Gasteiger partial charge in [-0.05, 0) is 19.4 Å². The summed E-state index contributed by atoms with van der Waals surface area (Å²) in [4.78, 5) is 38.4. The molecular formula is C12H12N4O4S. The van der Waals surface area contributed by atoms with Crippen LogP contribution in [0.1, 0.15) is 27.3 Å². The second-order valence-electron chi connectivity index (χ2n) is 4.31. The molecule has 0 spiro atoms. The van der Waals surface area contributed by atoms with Crippen LogP contribution >= 0.6 is 11.3 Å². The van der Waals surface area contributed by atoms with Gasteiger partial charge in [0.15, 0.2) is 5.13 Å². The number of H-pyrrole nitrogens is 1. The van der Waals surface area contributed by atoms with E-state index >= 15 is 0 Å². The van der Waals surface area contributed by atoms with Crippen molar-refractivity contribution in [1.82, 2.24) is 15.2 Å². The molecule has 0 unspecified atom stereocenters. The summed E-state index contributed by atoms with van der Waals surface area (Å²) in [6.07, 6.45) is -0.222. The summed E-state index contributed by atoms with van der Waals surface area (Å²) in [6.45, 7) is 3.31. The monoisotopic (exact) mass is 308 g/mol. The highest BCUT2D eigenvalue weighted by Crippen LogP contribution is 2.17. The van der Waals surface area contributed by atoms with Gasteiger partial charge in [-0.1, -0.05) is 0 Å². The van der Waals surface area contributed by atoms with Gasteiger partial charge in [-0.3, -0.25) is 19.7 Å². The molecule has 0 aliphatic heterocycles. The lowest BCUT2D eigenvalue weighted by Gasteiger charge is -2.05. The Morgan fingerprint density at radius 1 is 1.43 bits per heavy atom. The summed E-state index contributed by atoms with van der Waals surface area (Å²) in [7, 11) is 0. The van der Waals surface area contributed by atoms with Crippen molar-refractivity contribution in [2.24, 2.45) is 0 Å². The first-order valence-electron chi connectivity index (χ1n) is 5.92. The van der Waals surface area contributed by atoms with Crippen molar-refractivity contribution < 1.29 is 14.7 Å². The number of aromatic nitrogens is 3. The minimum Gasteiger partial charge on any atom is -0.481 e. The minimum absolute atomic E-state index is 0.0301. The lowest BCUT2D eigenvalue weighted by atomic mass is 10.1. The Bertz CT molecular complexity index is 765. The van der Waals surface area contributed by atoms with Crippen LogP contribution in [0.2, 0.25) is 0 Å². The van der Waals surface area contributed by atoms with E-state index in [0.717, 1.165) is 11.3 Å². The quantitative estimate of drug-likeness (QED) is 0.764. The van der Waals surface area contributed by atoms with Gasteiger partial charge in [0.1, 0.15) is 5.56 Å². The molecule has 0 saturated heterocycles. The van der Waals surface area contributed by atoms with Gasteiger partial charge in [0.25, 0.3) is 11.5 Å². The number of hydrogen-bond donors (Lipinski definition) is 3. The maximum atomic E-state index is 12.1. The molecule has 21 heavy (non-hydrogen) atoms. The van der Waals surface area contributed by atoms with Gasteiger partial charge in [0.2, 0.25) is 0 Å². The van der Waals surface area contributed by atoms with Crippen molar-refractivity contribution in [3.05, 3.63) is 38.2 Å². The second-order valence-corrected chi connectivity index (χ2v) is 5.16. The normalized spacial score (nSPS) is 10.4. The third kappa shape index (κ3) is 3.31. The molecule has 0 aliphatic carbocycles. The van der Waals surface area contributed by atoms with Crippen LogP contribution in [0.5, 0.6) is 0 Å². The number of aryl methyl sites for hydroxylation is 1. The maximum absolute atomic E-state index is 12.1. The molecule has 110 valence electrons. The minimum atomic E-state index is -1.00. The summed E-state index contributed by atoms with van der Waals surface area (Å²) < 4.78 is 0. The number of aromatic amines is 1. The van der Waals surface area contributed by atoms with Crippen LogP contribution in [-0.2, 0) is 11.2 Å². The standard InChI is InChI=1S/C12H12N4O4S/c1-5-6(2)15-16-11(20)9(5)10(19)14-12-13-7(4-21-12)3-8(17)18/h4H,3H2,1-2H3,(H,16,20)(H,17,18)(H,13,14,19). The van der Waals surface area contributed by atoms with Crippen molar-refractivity contribution in [1.29, 1.82) is 0 Å². The van der Waals surface area contributed by atoms with Crippen LogP contribution in [0.15, 0.2) is 10.2 Å². The predicted molar refractivity (Wildman–Crippen MR) is 75.7 cm³/mol. The van der Waals surface area contributed by atoms with Gasteiger partial charge in [0.05, 0.1) is 17.8 Å². The Labute approximate surface area is 122 Å². The Morgan fingerprint density at radius 3 is 2.81 bits per heavy atom. The molecule has 8 nitrogen and oxygen atoms in total. The summed E-state index contributed by atoms with van der Waals surface area (Å²) in [5, 5.41) is 18.9. The number of nitrogens with one attached hydrogen (secondary N) is 2. The number of carboxylic acids is 1. The largest absolute Gasteiger partial charge is 0.481 e. The molecule has 0 aromatic carbocycles. The molecule has 0 bridgehead atoms. The van der Waals surface area contributed by atoms with Gasteiger partial charge in [-0.25, -0.2) is 10.1 Å². The number of rotatable bonds is 4. The highest BCUT2D eigenvalue weighted by atomic mass is 32.1. The molecule has 2 aromatic rings. The first kappa shape index (κ1) is 14.9. The zero-order chi connectivity index (χ0) is 15.6. The number of carbonyl (C=O) groups excluding carboxylic acids is 1. The van der Waals surface area contributed by atoms with E-state index in [2.05, 4.69) is 20.5 Å². The SMILES string of the molecule is Cc1n[nH]c(=O)c(C(=O)Nc2nc(CC(=O)O)cs2)c1C. The van der Waals surface area contributed by atoms with E-state index in [1.54, 1.807) is 19.2 Å². The average Bonchev–Trinajstić information content (AvgIpc) is 2.80. The van der Waals surface area contributed by atoms with Crippen LogP contribution in [-0.4, -0.2) is 32.2 Å². The average molecular weight is 308 g/mol. The van der Waals surface area contributed by atoms with Crippen molar-refractivity contribution in [2.45, 2.75) is 20.3 Å².